The first-order valence-electron chi connectivity index (χ1n) is 10.1. The van der Waals surface area contributed by atoms with Crippen molar-refractivity contribution in [2.45, 2.75) is 25.6 Å². The molecule has 1 aliphatic heterocycles. The molecule has 10 heteroatoms. The van der Waals surface area contributed by atoms with Crippen molar-refractivity contribution < 1.29 is 23.7 Å². The second kappa shape index (κ2) is 9.99. The second-order valence-electron chi connectivity index (χ2n) is 7.15. The second-order valence-corrected chi connectivity index (χ2v) is 7.15. The average molecular weight is 435 g/mol. The predicted octanol–water partition coefficient (Wildman–Crippen LogP) is 2.46. The van der Waals surface area contributed by atoms with Crippen molar-refractivity contribution in [1.29, 1.82) is 5.41 Å². The lowest BCUT2D eigenvalue weighted by Crippen LogP contribution is -2.46. The Hall–Kier alpha value is -2.82. The maximum absolute atomic E-state index is 13.4. The fourth-order valence-electron chi connectivity index (χ4n) is 3.23. The van der Waals surface area contributed by atoms with Crippen molar-refractivity contribution in [2.75, 3.05) is 38.1 Å². The quantitative estimate of drug-likeness (QED) is 0.320. The molecule has 1 atom stereocenters. The number of benzene rings is 1. The smallest absolute Gasteiger partial charge is 0.397 e. The summed E-state index contributed by atoms with van der Waals surface area (Å²) in [4.78, 5) is 6.20. The molecule has 1 aromatic carbocycles. The number of alkyl halides is 2. The monoisotopic (exact) mass is 435 g/mol. The van der Waals surface area contributed by atoms with E-state index in [0.29, 0.717) is 35.7 Å². The van der Waals surface area contributed by atoms with E-state index in [-0.39, 0.29) is 11.6 Å². The van der Waals surface area contributed by atoms with Gasteiger partial charge in [-0.1, -0.05) is 6.92 Å². The topological polar surface area (TPSA) is 114 Å². The summed E-state index contributed by atoms with van der Waals surface area (Å²) >= 11 is 0. The van der Waals surface area contributed by atoms with Gasteiger partial charge in [-0.05, 0) is 35.9 Å². The molecule has 0 saturated carbocycles. The Kier molecular flexibility index (Phi) is 7.37. The summed E-state index contributed by atoms with van der Waals surface area (Å²) in [5, 5.41) is 34.8. The number of nitrogens with one attached hydrogen (secondary N) is 3. The Labute approximate surface area is 179 Å². The van der Waals surface area contributed by atoms with E-state index in [1.807, 2.05) is 4.90 Å². The first-order chi connectivity index (χ1) is 14.8. The number of pyridine rings is 1. The molecular weight excluding hydrogens is 408 g/mol. The Morgan fingerprint density at radius 1 is 1.29 bits per heavy atom. The molecule has 3 rings (SSSR count). The van der Waals surface area contributed by atoms with Crippen molar-refractivity contribution in [3.8, 4) is 5.75 Å². The van der Waals surface area contributed by atoms with Gasteiger partial charge in [0.2, 0.25) is 0 Å². The summed E-state index contributed by atoms with van der Waals surface area (Å²) in [5.74, 6) is 0.534. The molecule has 8 nitrogen and oxygen atoms in total. The predicted molar refractivity (Wildman–Crippen MR) is 113 cm³/mol. The van der Waals surface area contributed by atoms with E-state index < -0.39 is 25.2 Å². The van der Waals surface area contributed by atoms with Crippen LogP contribution in [0.1, 0.15) is 30.6 Å². The number of aliphatic hydroxyl groups excluding tert-OH is 2. The minimum absolute atomic E-state index is 0.0311. The van der Waals surface area contributed by atoms with Crippen molar-refractivity contribution in [3.63, 3.8) is 0 Å². The molecule has 168 valence electrons. The zero-order valence-electron chi connectivity index (χ0n) is 17.2. The largest absolute Gasteiger partial charge is 0.433 e. The fraction of sp³-hybridized carbons (Fsp3) is 0.429. The van der Waals surface area contributed by atoms with Crippen LogP contribution in [-0.2, 0) is 0 Å². The van der Waals surface area contributed by atoms with Gasteiger partial charge in [0.1, 0.15) is 23.5 Å². The van der Waals surface area contributed by atoms with Crippen LogP contribution in [0.25, 0.3) is 0 Å². The third-order valence-electron chi connectivity index (χ3n) is 4.98. The van der Waals surface area contributed by atoms with E-state index in [1.54, 1.807) is 18.2 Å². The van der Waals surface area contributed by atoms with Crippen LogP contribution >= 0.6 is 0 Å². The van der Waals surface area contributed by atoms with Crippen molar-refractivity contribution in [3.05, 3.63) is 47.7 Å². The first kappa shape index (κ1) is 22.9. The molecule has 31 heavy (non-hydrogen) atoms. The SMILES string of the molecule is CCC(F)(F)Oc1ccc(Nc2nccc(C(O)CO)c2C(=N)N2CCNCC2)cc1. The van der Waals surface area contributed by atoms with Gasteiger partial charge in [0.15, 0.2) is 0 Å². The van der Waals surface area contributed by atoms with E-state index in [0.717, 1.165) is 13.1 Å². The molecule has 1 fully saturated rings. The Balaban J connectivity index is 1.89. The van der Waals surface area contributed by atoms with Gasteiger partial charge < -0.3 is 30.5 Å². The van der Waals surface area contributed by atoms with Crippen LogP contribution in [0.3, 0.4) is 0 Å². The van der Waals surface area contributed by atoms with Crippen LogP contribution < -0.4 is 15.4 Å². The molecular formula is C21H27F2N5O3. The molecule has 1 unspecified atom stereocenters. The number of ether oxygens (including phenoxy) is 1. The summed E-state index contributed by atoms with van der Waals surface area (Å²) in [7, 11) is 0. The zero-order chi connectivity index (χ0) is 22.4. The molecule has 0 radical (unpaired) electrons. The number of piperazine rings is 1. The number of halogens is 2. The third kappa shape index (κ3) is 5.66. The number of nitrogens with zero attached hydrogens (tertiary/aromatic N) is 2. The van der Waals surface area contributed by atoms with Crippen LogP contribution in [0.5, 0.6) is 5.75 Å². The Morgan fingerprint density at radius 3 is 2.58 bits per heavy atom. The van der Waals surface area contributed by atoms with Crippen LogP contribution in [0.4, 0.5) is 20.3 Å². The fourth-order valence-corrected chi connectivity index (χ4v) is 3.23. The lowest BCUT2D eigenvalue weighted by Gasteiger charge is -2.31. The lowest BCUT2D eigenvalue weighted by atomic mass is 10.0. The average Bonchev–Trinajstić information content (AvgIpc) is 2.79. The molecule has 0 bridgehead atoms. The van der Waals surface area contributed by atoms with E-state index in [2.05, 4.69) is 20.4 Å². The standard InChI is InChI=1S/C21H27F2N5O3/c1-2-21(22,23)31-15-5-3-14(4-6-15)27-20-18(16(7-8-26-20)17(30)13-29)19(24)28-11-9-25-10-12-28/h3-8,17,24-25,29-30H,2,9-13H2,1H3,(H,26,27). The summed E-state index contributed by atoms with van der Waals surface area (Å²) in [6, 6.07) is 7.54. The van der Waals surface area contributed by atoms with E-state index in [4.69, 9.17) is 5.41 Å². The van der Waals surface area contributed by atoms with Crippen LogP contribution in [0.2, 0.25) is 0 Å². The molecule has 1 aromatic heterocycles. The molecule has 1 saturated heterocycles. The van der Waals surface area contributed by atoms with Crippen molar-refractivity contribution in [1.82, 2.24) is 15.2 Å². The normalized spacial score (nSPS) is 15.5. The number of aromatic nitrogens is 1. The van der Waals surface area contributed by atoms with E-state index >= 15 is 0 Å². The maximum Gasteiger partial charge on any atom is 0.397 e. The van der Waals surface area contributed by atoms with Gasteiger partial charge in [0, 0.05) is 44.5 Å². The third-order valence-corrected chi connectivity index (χ3v) is 4.98. The zero-order valence-corrected chi connectivity index (χ0v) is 17.2. The van der Waals surface area contributed by atoms with Gasteiger partial charge >= 0.3 is 6.11 Å². The highest BCUT2D eigenvalue weighted by Crippen LogP contribution is 2.29. The highest BCUT2D eigenvalue weighted by atomic mass is 19.3. The number of aliphatic hydroxyl groups is 2. The maximum atomic E-state index is 13.4. The molecule has 0 spiro atoms. The van der Waals surface area contributed by atoms with Gasteiger partial charge in [0.05, 0.1) is 12.2 Å². The summed E-state index contributed by atoms with van der Waals surface area (Å²) < 4.78 is 31.5. The van der Waals surface area contributed by atoms with Crippen LogP contribution in [0, 0.1) is 5.41 Å². The Bertz CT molecular complexity index is 889. The van der Waals surface area contributed by atoms with Gasteiger partial charge in [-0.15, -0.1) is 0 Å². The molecule has 5 N–H and O–H groups in total. The summed E-state index contributed by atoms with van der Waals surface area (Å²) in [6.45, 7) is 3.55. The highest BCUT2D eigenvalue weighted by Gasteiger charge is 2.28. The van der Waals surface area contributed by atoms with Crippen molar-refractivity contribution >= 4 is 17.3 Å². The number of rotatable bonds is 8. The first-order valence-corrected chi connectivity index (χ1v) is 10.1. The summed E-state index contributed by atoms with van der Waals surface area (Å²) in [6.07, 6.45) is -3.37. The number of hydrogen-bond donors (Lipinski definition) is 5. The molecule has 0 aliphatic carbocycles. The van der Waals surface area contributed by atoms with Crippen molar-refractivity contribution in [2.24, 2.45) is 0 Å². The lowest BCUT2D eigenvalue weighted by molar-refractivity contribution is -0.177. The number of amidine groups is 1. The van der Waals surface area contributed by atoms with Gasteiger partial charge in [0.25, 0.3) is 0 Å². The minimum atomic E-state index is -3.24. The number of hydrogen-bond acceptors (Lipinski definition) is 7. The molecule has 0 amide bonds. The van der Waals surface area contributed by atoms with Gasteiger partial charge in [-0.25, -0.2) is 4.98 Å². The number of anilines is 2. The molecule has 2 heterocycles. The molecule has 1 aliphatic rings. The highest BCUT2D eigenvalue weighted by molar-refractivity contribution is 6.02. The van der Waals surface area contributed by atoms with Crippen LogP contribution in [-0.4, -0.2) is 64.8 Å². The molecule has 2 aromatic rings. The van der Waals surface area contributed by atoms with Crippen LogP contribution in [0.15, 0.2) is 36.5 Å². The Morgan fingerprint density at radius 2 is 1.97 bits per heavy atom. The van der Waals surface area contributed by atoms with Gasteiger partial charge in [-0.2, -0.15) is 8.78 Å². The van der Waals surface area contributed by atoms with Gasteiger partial charge in [-0.3, -0.25) is 5.41 Å². The summed E-state index contributed by atoms with van der Waals surface area (Å²) in [5.41, 5.74) is 1.31. The van der Waals surface area contributed by atoms with E-state index in [1.165, 1.54) is 25.3 Å². The minimum Gasteiger partial charge on any atom is -0.433 e. The van der Waals surface area contributed by atoms with E-state index in [9.17, 15) is 19.0 Å².